The lowest BCUT2D eigenvalue weighted by Gasteiger charge is -2.07. The average molecular weight is 304 g/mol. The molecule has 1 aromatic heterocycles. The van der Waals surface area contributed by atoms with Gasteiger partial charge in [-0.1, -0.05) is 35.5 Å². The molecule has 0 aliphatic carbocycles. The van der Waals surface area contributed by atoms with Crippen molar-refractivity contribution in [1.29, 1.82) is 0 Å². The first-order valence-corrected chi connectivity index (χ1v) is 6.72. The van der Waals surface area contributed by atoms with Crippen LogP contribution in [0.2, 0.25) is 0 Å². The molecule has 0 radical (unpaired) electrons. The van der Waals surface area contributed by atoms with E-state index in [2.05, 4.69) is 5.16 Å². The van der Waals surface area contributed by atoms with Gasteiger partial charge in [0.25, 0.3) is 0 Å². The number of rotatable bonds is 7. The second kappa shape index (κ2) is 6.86. The molecule has 1 heterocycles. The Morgan fingerprint density at radius 2 is 1.86 bits per heavy atom. The molecule has 1 aromatic carbocycles. The monoisotopic (exact) mass is 304 g/mol. The minimum atomic E-state index is -1.26. The predicted molar refractivity (Wildman–Crippen MR) is 76.6 cm³/mol. The molecule has 0 fully saturated rings. The van der Waals surface area contributed by atoms with Crippen LogP contribution in [0.1, 0.15) is 27.4 Å². The summed E-state index contributed by atoms with van der Waals surface area (Å²) in [5, 5.41) is 21.5. The molecule has 0 bridgehead atoms. The van der Waals surface area contributed by atoms with Crippen molar-refractivity contribution in [1.82, 2.24) is 5.16 Å². The Bertz CT molecular complexity index is 666. The van der Waals surface area contributed by atoms with Crippen molar-refractivity contribution in [3.63, 3.8) is 0 Å². The van der Waals surface area contributed by atoms with Gasteiger partial charge in [-0.15, -0.1) is 0 Å². The van der Waals surface area contributed by atoms with E-state index in [1.54, 1.807) is 0 Å². The zero-order valence-electron chi connectivity index (χ0n) is 11.7. The minimum absolute atomic E-state index is 0.134. The van der Waals surface area contributed by atoms with Crippen LogP contribution in [0.15, 0.2) is 34.9 Å². The Morgan fingerprint density at radius 3 is 2.45 bits per heavy atom. The molecule has 2 rings (SSSR count). The quantitative estimate of drug-likeness (QED) is 0.699. The van der Waals surface area contributed by atoms with Gasteiger partial charge >= 0.3 is 11.9 Å². The molecule has 0 spiro atoms. The molecule has 7 heteroatoms. The van der Waals surface area contributed by atoms with E-state index in [-0.39, 0.29) is 17.7 Å². The highest BCUT2D eigenvalue weighted by molar-refractivity contribution is 5.87. The number of hydrogen-bond acceptors (Lipinski definition) is 5. The number of benzene rings is 1. The molecule has 0 amide bonds. The first kappa shape index (κ1) is 15.7. The van der Waals surface area contributed by atoms with Gasteiger partial charge in [0.1, 0.15) is 11.8 Å². The van der Waals surface area contributed by atoms with Gasteiger partial charge in [0, 0.05) is 18.4 Å². The number of hydrogen-bond donors (Lipinski definition) is 3. The Kier molecular flexibility index (Phi) is 4.90. The third-order valence-electron chi connectivity index (χ3n) is 3.30. The standard InChI is InChI=1S/C15H16N2O5/c16-11(14(18)19)8-10-12(22-17-13(10)15(20)21)7-6-9-4-2-1-3-5-9/h1-5,11H,6-8,16H2,(H,18,19)(H,20,21)/t11-/m0/s1. The summed E-state index contributed by atoms with van der Waals surface area (Å²) in [6.07, 6.45) is 0.918. The van der Waals surface area contributed by atoms with Gasteiger partial charge in [-0.2, -0.15) is 0 Å². The maximum Gasteiger partial charge on any atom is 0.358 e. The normalized spacial score (nSPS) is 12.0. The van der Waals surface area contributed by atoms with Gasteiger partial charge in [-0.3, -0.25) is 4.79 Å². The fourth-order valence-corrected chi connectivity index (χ4v) is 2.13. The van der Waals surface area contributed by atoms with Crippen LogP contribution >= 0.6 is 0 Å². The topological polar surface area (TPSA) is 127 Å². The molecule has 0 aliphatic heterocycles. The third kappa shape index (κ3) is 3.70. The fourth-order valence-electron chi connectivity index (χ4n) is 2.13. The zero-order valence-corrected chi connectivity index (χ0v) is 11.7. The molecular formula is C15H16N2O5. The predicted octanol–water partition coefficient (Wildman–Crippen LogP) is 1.11. The van der Waals surface area contributed by atoms with E-state index < -0.39 is 18.0 Å². The molecule has 2 aromatic rings. The highest BCUT2D eigenvalue weighted by Gasteiger charge is 2.25. The number of nitrogens with zero attached hydrogens (tertiary/aromatic N) is 1. The number of carboxylic acids is 2. The van der Waals surface area contributed by atoms with Crippen molar-refractivity contribution < 1.29 is 24.3 Å². The smallest absolute Gasteiger partial charge is 0.358 e. The number of aromatic nitrogens is 1. The number of aryl methyl sites for hydroxylation is 2. The maximum absolute atomic E-state index is 11.1. The summed E-state index contributed by atoms with van der Waals surface area (Å²) >= 11 is 0. The lowest BCUT2D eigenvalue weighted by molar-refractivity contribution is -0.138. The summed E-state index contributed by atoms with van der Waals surface area (Å²) < 4.78 is 5.08. The second-order valence-corrected chi connectivity index (χ2v) is 4.87. The fraction of sp³-hybridized carbons (Fsp3) is 0.267. The zero-order chi connectivity index (χ0) is 16.1. The van der Waals surface area contributed by atoms with E-state index in [0.29, 0.717) is 18.6 Å². The van der Waals surface area contributed by atoms with Gasteiger partial charge in [0.2, 0.25) is 0 Å². The first-order chi connectivity index (χ1) is 10.5. The maximum atomic E-state index is 11.1. The average Bonchev–Trinajstić information content (AvgIpc) is 2.89. The van der Waals surface area contributed by atoms with Gasteiger partial charge in [0.15, 0.2) is 5.69 Å². The summed E-state index contributed by atoms with van der Waals surface area (Å²) in [5.74, 6) is -2.10. The second-order valence-electron chi connectivity index (χ2n) is 4.87. The van der Waals surface area contributed by atoms with Gasteiger partial charge in [-0.25, -0.2) is 4.79 Å². The number of carboxylic acid groups (broad SMARTS) is 2. The molecule has 0 saturated heterocycles. The van der Waals surface area contributed by atoms with Gasteiger partial charge in [0.05, 0.1) is 0 Å². The summed E-state index contributed by atoms with van der Waals surface area (Å²) in [5.41, 5.74) is 6.52. The highest BCUT2D eigenvalue weighted by atomic mass is 16.5. The third-order valence-corrected chi connectivity index (χ3v) is 3.30. The van der Waals surface area contributed by atoms with Crippen molar-refractivity contribution in [3.05, 3.63) is 52.9 Å². The summed E-state index contributed by atoms with van der Waals surface area (Å²) in [7, 11) is 0. The van der Waals surface area contributed by atoms with Crippen molar-refractivity contribution in [2.45, 2.75) is 25.3 Å². The lowest BCUT2D eigenvalue weighted by Crippen LogP contribution is -2.33. The first-order valence-electron chi connectivity index (χ1n) is 6.72. The number of nitrogens with two attached hydrogens (primary N) is 1. The van der Waals surface area contributed by atoms with Crippen molar-refractivity contribution in [3.8, 4) is 0 Å². The molecule has 1 atom stereocenters. The Morgan fingerprint density at radius 1 is 1.18 bits per heavy atom. The van der Waals surface area contributed by atoms with Crippen LogP contribution in [-0.2, 0) is 24.1 Å². The molecule has 0 aliphatic rings. The Hall–Kier alpha value is -2.67. The van der Waals surface area contributed by atoms with E-state index in [9.17, 15) is 9.59 Å². The van der Waals surface area contributed by atoms with Crippen LogP contribution in [0.4, 0.5) is 0 Å². The van der Waals surface area contributed by atoms with Crippen LogP contribution < -0.4 is 5.73 Å². The summed E-state index contributed by atoms with van der Waals surface area (Å²) in [4.78, 5) is 22.0. The molecule has 7 nitrogen and oxygen atoms in total. The largest absolute Gasteiger partial charge is 0.480 e. The van der Waals surface area contributed by atoms with E-state index in [4.69, 9.17) is 20.5 Å². The number of aliphatic carboxylic acids is 1. The lowest BCUT2D eigenvalue weighted by atomic mass is 10.0. The van der Waals surface area contributed by atoms with Gasteiger partial charge in [-0.05, 0) is 12.0 Å². The molecule has 0 saturated carbocycles. The van der Waals surface area contributed by atoms with Crippen LogP contribution in [0.5, 0.6) is 0 Å². The van der Waals surface area contributed by atoms with Crippen molar-refractivity contribution in [2.24, 2.45) is 5.73 Å². The Balaban J connectivity index is 2.19. The highest BCUT2D eigenvalue weighted by Crippen LogP contribution is 2.19. The summed E-state index contributed by atoms with van der Waals surface area (Å²) in [6, 6.07) is 8.39. The van der Waals surface area contributed by atoms with E-state index in [1.807, 2.05) is 30.3 Å². The van der Waals surface area contributed by atoms with Crippen LogP contribution in [0, 0.1) is 0 Å². The van der Waals surface area contributed by atoms with E-state index in [1.165, 1.54) is 0 Å². The molecule has 22 heavy (non-hydrogen) atoms. The van der Waals surface area contributed by atoms with Crippen LogP contribution in [-0.4, -0.2) is 33.4 Å². The molecule has 116 valence electrons. The SMILES string of the molecule is N[C@@H](Cc1c(C(=O)O)noc1CCc1ccccc1)C(=O)O. The Labute approximate surface area is 126 Å². The van der Waals surface area contributed by atoms with E-state index in [0.717, 1.165) is 5.56 Å². The minimum Gasteiger partial charge on any atom is -0.480 e. The number of aromatic carboxylic acids is 1. The van der Waals surface area contributed by atoms with E-state index >= 15 is 0 Å². The van der Waals surface area contributed by atoms with Crippen molar-refractivity contribution >= 4 is 11.9 Å². The molecule has 0 unspecified atom stereocenters. The van der Waals surface area contributed by atoms with Crippen LogP contribution in [0.25, 0.3) is 0 Å². The van der Waals surface area contributed by atoms with Gasteiger partial charge < -0.3 is 20.5 Å². The number of carbonyl (C=O) groups is 2. The van der Waals surface area contributed by atoms with Crippen LogP contribution in [0.3, 0.4) is 0 Å². The molecular weight excluding hydrogens is 288 g/mol. The van der Waals surface area contributed by atoms with Crippen molar-refractivity contribution in [2.75, 3.05) is 0 Å². The molecule has 4 N–H and O–H groups in total. The summed E-state index contributed by atoms with van der Waals surface area (Å²) in [6.45, 7) is 0.